The third-order valence-corrected chi connectivity index (χ3v) is 4.78. The highest BCUT2D eigenvalue weighted by Crippen LogP contribution is 2.24. The van der Waals surface area contributed by atoms with Crippen LogP contribution in [0.15, 0.2) is 70.7 Å². The number of rotatable bonds is 4. The summed E-state index contributed by atoms with van der Waals surface area (Å²) in [6, 6.07) is 20.9. The van der Waals surface area contributed by atoms with Gasteiger partial charge in [-0.1, -0.05) is 46.3 Å². The number of aromatic nitrogens is 1. The second-order valence-corrected chi connectivity index (χ2v) is 6.92. The molecule has 0 radical (unpaired) electrons. The zero-order valence-electron chi connectivity index (χ0n) is 14.5. The minimum absolute atomic E-state index is 0.132. The Morgan fingerprint density at radius 3 is 2.35 bits per heavy atom. The van der Waals surface area contributed by atoms with Crippen molar-refractivity contribution < 1.29 is 4.79 Å². The van der Waals surface area contributed by atoms with Crippen molar-refractivity contribution in [3.05, 3.63) is 93.2 Å². The first-order valence-electron chi connectivity index (χ1n) is 8.17. The van der Waals surface area contributed by atoms with Crippen molar-refractivity contribution in [3.8, 4) is 11.8 Å². The molecule has 1 aromatic heterocycles. The molecular formula is C22H17BrN2O. The van der Waals surface area contributed by atoms with Crippen LogP contribution in [0, 0.1) is 25.2 Å². The third-order valence-electron chi connectivity index (χ3n) is 4.26. The van der Waals surface area contributed by atoms with E-state index < -0.39 is 0 Å². The topological polar surface area (TPSA) is 45.8 Å². The molecule has 0 unspecified atom stereocenters. The lowest BCUT2D eigenvalue weighted by molar-refractivity contribution is 0.104. The van der Waals surface area contributed by atoms with Crippen molar-refractivity contribution in [3.63, 3.8) is 0 Å². The predicted molar refractivity (Wildman–Crippen MR) is 107 cm³/mol. The van der Waals surface area contributed by atoms with E-state index in [1.54, 1.807) is 30.3 Å². The van der Waals surface area contributed by atoms with Crippen molar-refractivity contribution in [2.75, 3.05) is 0 Å². The maximum Gasteiger partial charge on any atom is 0.203 e. The van der Waals surface area contributed by atoms with Gasteiger partial charge < -0.3 is 4.57 Å². The van der Waals surface area contributed by atoms with Crippen molar-refractivity contribution in [2.24, 2.45) is 0 Å². The van der Waals surface area contributed by atoms with Crippen molar-refractivity contribution in [1.82, 2.24) is 4.57 Å². The lowest BCUT2D eigenvalue weighted by Gasteiger charge is -2.09. The van der Waals surface area contributed by atoms with Gasteiger partial charge in [0.15, 0.2) is 0 Å². The summed E-state index contributed by atoms with van der Waals surface area (Å²) in [5.41, 5.74) is 4.58. The number of nitrogens with zero attached hydrogens (tertiary/aromatic N) is 2. The molecule has 0 bridgehead atoms. The molecule has 0 fully saturated rings. The molecular weight excluding hydrogens is 388 g/mol. The van der Waals surface area contributed by atoms with E-state index in [1.165, 1.54) is 0 Å². The number of hydrogen-bond acceptors (Lipinski definition) is 2. The van der Waals surface area contributed by atoms with Crippen molar-refractivity contribution >= 4 is 27.8 Å². The van der Waals surface area contributed by atoms with E-state index in [9.17, 15) is 10.1 Å². The Labute approximate surface area is 161 Å². The molecule has 0 saturated carbocycles. The lowest BCUT2D eigenvalue weighted by atomic mass is 10.0. The first-order valence-corrected chi connectivity index (χ1v) is 8.97. The van der Waals surface area contributed by atoms with Gasteiger partial charge in [-0.25, -0.2) is 0 Å². The Bertz CT molecular complexity index is 1020. The quantitative estimate of drug-likeness (QED) is 0.320. The molecule has 26 heavy (non-hydrogen) atoms. The molecule has 0 N–H and O–H groups in total. The maximum atomic E-state index is 12.6. The number of ketones is 1. The number of nitriles is 1. The molecule has 0 aliphatic heterocycles. The van der Waals surface area contributed by atoms with Crippen LogP contribution in [0.3, 0.4) is 0 Å². The minimum Gasteiger partial charge on any atom is -0.318 e. The van der Waals surface area contributed by atoms with Gasteiger partial charge >= 0.3 is 0 Å². The van der Waals surface area contributed by atoms with E-state index in [1.807, 2.05) is 56.3 Å². The van der Waals surface area contributed by atoms with Gasteiger partial charge in [0, 0.05) is 27.1 Å². The molecule has 0 spiro atoms. The number of carbonyl (C=O) groups excluding carboxylic acids is 1. The zero-order valence-corrected chi connectivity index (χ0v) is 16.1. The molecule has 1 heterocycles. The highest BCUT2D eigenvalue weighted by atomic mass is 79.9. The maximum absolute atomic E-state index is 12.6. The molecule has 0 aliphatic rings. The van der Waals surface area contributed by atoms with Gasteiger partial charge in [0.1, 0.15) is 11.6 Å². The molecule has 2 aromatic carbocycles. The van der Waals surface area contributed by atoms with Crippen LogP contribution in [0.1, 0.15) is 27.3 Å². The molecule has 0 amide bonds. The number of hydrogen-bond donors (Lipinski definition) is 0. The van der Waals surface area contributed by atoms with Gasteiger partial charge in [-0.2, -0.15) is 5.26 Å². The van der Waals surface area contributed by atoms with E-state index in [0.29, 0.717) is 5.56 Å². The Morgan fingerprint density at radius 2 is 1.73 bits per heavy atom. The average Bonchev–Trinajstić information content (AvgIpc) is 2.94. The molecule has 0 aliphatic carbocycles. The predicted octanol–water partition coefficient (Wildman–Crippen LogP) is 5.65. The van der Waals surface area contributed by atoms with Gasteiger partial charge in [-0.3, -0.25) is 4.79 Å². The van der Waals surface area contributed by atoms with Crippen LogP contribution in [-0.4, -0.2) is 10.4 Å². The Hall–Kier alpha value is -2.90. The number of carbonyl (C=O) groups is 1. The Balaban J connectivity index is 2.03. The average molecular weight is 405 g/mol. The van der Waals surface area contributed by atoms with E-state index in [4.69, 9.17) is 0 Å². The number of aryl methyl sites for hydroxylation is 1. The van der Waals surface area contributed by atoms with Crippen LogP contribution in [-0.2, 0) is 0 Å². The van der Waals surface area contributed by atoms with E-state index >= 15 is 0 Å². The summed E-state index contributed by atoms with van der Waals surface area (Å²) in [4.78, 5) is 12.6. The first-order chi connectivity index (χ1) is 12.5. The summed E-state index contributed by atoms with van der Waals surface area (Å²) < 4.78 is 3.13. The lowest BCUT2D eigenvalue weighted by Crippen LogP contribution is -2.02. The summed E-state index contributed by atoms with van der Waals surface area (Å²) in [7, 11) is 0. The standard InChI is InChI=1S/C22H17BrN2O/c1-15-12-18(16(2)25(15)21-10-8-20(23)9-11-21)13-19(14-24)22(26)17-6-4-3-5-7-17/h3-13H,1-2H3/b19-13+. The first kappa shape index (κ1) is 17.9. The fourth-order valence-corrected chi connectivity index (χ4v) is 3.23. The normalized spacial score (nSPS) is 11.2. The molecule has 3 aromatic rings. The largest absolute Gasteiger partial charge is 0.318 e. The summed E-state index contributed by atoms with van der Waals surface area (Å²) in [5, 5.41) is 9.48. The van der Waals surface area contributed by atoms with Crippen LogP contribution >= 0.6 is 15.9 Å². The minimum atomic E-state index is -0.262. The fourth-order valence-electron chi connectivity index (χ4n) is 2.97. The fraction of sp³-hybridized carbons (Fsp3) is 0.0909. The van der Waals surface area contributed by atoms with Crippen LogP contribution in [0.4, 0.5) is 0 Å². The smallest absolute Gasteiger partial charge is 0.203 e. The van der Waals surface area contributed by atoms with Crippen LogP contribution < -0.4 is 0 Å². The second-order valence-electron chi connectivity index (χ2n) is 6.00. The molecule has 0 atom stereocenters. The van der Waals surface area contributed by atoms with E-state index in [2.05, 4.69) is 20.5 Å². The van der Waals surface area contributed by atoms with Gasteiger partial charge in [0.25, 0.3) is 0 Å². The number of halogens is 1. The number of benzene rings is 2. The Morgan fingerprint density at radius 1 is 1.08 bits per heavy atom. The molecule has 3 nitrogen and oxygen atoms in total. The van der Waals surface area contributed by atoms with E-state index in [-0.39, 0.29) is 11.4 Å². The highest BCUT2D eigenvalue weighted by Gasteiger charge is 2.15. The van der Waals surface area contributed by atoms with Crippen LogP contribution in [0.25, 0.3) is 11.8 Å². The van der Waals surface area contributed by atoms with Crippen molar-refractivity contribution in [1.29, 1.82) is 5.26 Å². The highest BCUT2D eigenvalue weighted by molar-refractivity contribution is 9.10. The van der Waals surface area contributed by atoms with Gasteiger partial charge in [-0.15, -0.1) is 0 Å². The van der Waals surface area contributed by atoms with Gasteiger partial charge in [0.2, 0.25) is 5.78 Å². The molecule has 128 valence electrons. The summed E-state index contributed by atoms with van der Waals surface area (Å²) in [6.45, 7) is 4.00. The molecule has 3 rings (SSSR count). The molecule has 4 heteroatoms. The zero-order chi connectivity index (χ0) is 18.7. The number of allylic oxidation sites excluding steroid dienone is 1. The third kappa shape index (κ3) is 3.54. The van der Waals surface area contributed by atoms with Gasteiger partial charge in [0.05, 0.1) is 0 Å². The summed E-state index contributed by atoms with van der Waals surface area (Å²) in [5.74, 6) is -0.262. The summed E-state index contributed by atoms with van der Waals surface area (Å²) in [6.07, 6.45) is 1.67. The Kier molecular flexibility index (Phi) is 5.20. The van der Waals surface area contributed by atoms with Crippen LogP contribution in [0.5, 0.6) is 0 Å². The van der Waals surface area contributed by atoms with Gasteiger partial charge in [-0.05, 0) is 55.8 Å². The monoisotopic (exact) mass is 404 g/mol. The van der Waals surface area contributed by atoms with Crippen molar-refractivity contribution in [2.45, 2.75) is 13.8 Å². The number of Topliss-reactive ketones (excluding diaryl/α,β-unsaturated/α-hetero) is 1. The van der Waals surface area contributed by atoms with Crippen LogP contribution in [0.2, 0.25) is 0 Å². The second kappa shape index (κ2) is 7.55. The molecule has 0 saturated heterocycles. The summed E-state index contributed by atoms with van der Waals surface area (Å²) >= 11 is 3.45. The van der Waals surface area contributed by atoms with E-state index in [0.717, 1.165) is 27.1 Å². The SMILES string of the molecule is Cc1cc(/C=C(\C#N)C(=O)c2ccccc2)c(C)n1-c1ccc(Br)cc1.